The highest BCUT2D eigenvalue weighted by atomic mass is 16.5. The normalized spacial score (nSPS) is 15.1. The average molecular weight is 280 g/mol. The van der Waals surface area contributed by atoms with Crippen LogP contribution >= 0.6 is 0 Å². The van der Waals surface area contributed by atoms with Gasteiger partial charge in [-0.1, -0.05) is 45.9 Å². The van der Waals surface area contributed by atoms with Crippen molar-refractivity contribution in [3.05, 3.63) is 0 Å². The van der Waals surface area contributed by atoms with Crippen molar-refractivity contribution in [1.82, 2.24) is 0 Å². The van der Waals surface area contributed by atoms with Crippen molar-refractivity contribution in [1.29, 1.82) is 0 Å². The Morgan fingerprint density at radius 2 is 1.60 bits per heavy atom. The molecule has 0 fully saturated rings. The molecule has 2 nitrogen and oxygen atoms in total. The number of ether oxygens (including phenoxy) is 1. The maximum atomic E-state index is 9.70. The largest absolute Gasteiger partial charge is 0.390 e. The van der Waals surface area contributed by atoms with Gasteiger partial charge in [-0.15, -0.1) is 0 Å². The Balaban J connectivity index is 4.13. The number of rotatable bonds is 10. The summed E-state index contributed by atoms with van der Waals surface area (Å²) in [5.41, 5.74) is -0.937. The van der Waals surface area contributed by atoms with E-state index in [0.29, 0.717) is 13.0 Å². The van der Waals surface area contributed by atoms with Gasteiger partial charge < -0.3 is 9.84 Å². The Morgan fingerprint density at radius 1 is 1.05 bits per heavy atom. The van der Waals surface area contributed by atoms with Crippen molar-refractivity contribution in [2.24, 2.45) is 5.92 Å². The van der Waals surface area contributed by atoms with Gasteiger partial charge in [0, 0.05) is 12.1 Å². The monoisotopic (exact) mass is 280 g/mol. The molecule has 0 saturated heterocycles. The fraction of sp³-hybridized carbons (Fsp3) is 1.00. The maximum Gasteiger partial charge on any atom is 0.109 e. The molecule has 2 radical (unpaired) electrons. The molecule has 0 heterocycles. The quantitative estimate of drug-likeness (QED) is 0.616. The van der Waals surface area contributed by atoms with E-state index in [1.54, 1.807) is 0 Å². The lowest BCUT2D eigenvalue weighted by atomic mass is 9.24. The van der Waals surface area contributed by atoms with Crippen LogP contribution in [-0.2, 0) is 4.74 Å². The minimum Gasteiger partial charge on any atom is -0.390 e. The summed E-state index contributed by atoms with van der Waals surface area (Å²) >= 11 is 0. The highest BCUT2D eigenvalue weighted by molar-refractivity contribution is 7.03. The molecule has 4 heteroatoms. The third-order valence-corrected chi connectivity index (χ3v) is 3.70. The topological polar surface area (TPSA) is 29.5 Å². The van der Waals surface area contributed by atoms with Gasteiger partial charge in [0.05, 0.1) is 12.8 Å². The van der Waals surface area contributed by atoms with Crippen molar-refractivity contribution >= 4 is 14.3 Å². The first-order chi connectivity index (χ1) is 8.87. The Hall–Kier alpha value is 0.0499. The maximum absolute atomic E-state index is 9.70. The fourth-order valence-corrected chi connectivity index (χ4v) is 2.15. The molecule has 116 valence electrons. The van der Waals surface area contributed by atoms with E-state index < -0.39 is 5.60 Å². The molecule has 0 aliphatic rings. The molecule has 0 rings (SSSR count). The zero-order valence-electron chi connectivity index (χ0n) is 14.9. The number of hydrogen-bond donors (Lipinski definition) is 1. The van der Waals surface area contributed by atoms with Crippen LogP contribution in [0.3, 0.4) is 0 Å². The van der Waals surface area contributed by atoms with E-state index in [1.807, 2.05) is 13.8 Å². The summed E-state index contributed by atoms with van der Waals surface area (Å²) in [6, 6.07) is 0. The highest BCUT2D eigenvalue weighted by Crippen LogP contribution is 2.33. The standard InChI is InChI=1S/C16H34B2O2/c1-9-13(2)12-14(3,4)17-18-16(7,8)20-11-10-15(5,6)19/h13,19H,9-12H2,1-8H3. The van der Waals surface area contributed by atoms with Crippen LogP contribution in [0.25, 0.3) is 0 Å². The van der Waals surface area contributed by atoms with E-state index in [2.05, 4.69) is 55.9 Å². The zero-order valence-corrected chi connectivity index (χ0v) is 14.9. The minimum absolute atomic E-state index is 0.201. The molecule has 1 unspecified atom stereocenters. The molecule has 20 heavy (non-hydrogen) atoms. The van der Waals surface area contributed by atoms with Gasteiger partial charge >= 0.3 is 0 Å². The van der Waals surface area contributed by atoms with Crippen LogP contribution in [0, 0.1) is 5.92 Å². The van der Waals surface area contributed by atoms with E-state index in [0.717, 1.165) is 5.92 Å². The molecule has 0 aromatic rings. The van der Waals surface area contributed by atoms with E-state index >= 15 is 0 Å². The van der Waals surface area contributed by atoms with Crippen molar-refractivity contribution in [3.63, 3.8) is 0 Å². The van der Waals surface area contributed by atoms with Gasteiger partial charge in [0.1, 0.15) is 7.17 Å². The number of hydrogen-bond acceptors (Lipinski definition) is 2. The second-order valence-electron chi connectivity index (χ2n) is 8.05. The molecule has 0 spiro atoms. The zero-order chi connectivity index (χ0) is 16.0. The second kappa shape index (κ2) is 7.89. The van der Waals surface area contributed by atoms with Crippen LogP contribution < -0.4 is 0 Å². The third-order valence-electron chi connectivity index (χ3n) is 3.70. The van der Waals surface area contributed by atoms with Crippen LogP contribution in [0.15, 0.2) is 0 Å². The summed E-state index contributed by atoms with van der Waals surface area (Å²) in [5, 5.41) is 9.90. The molecule has 0 bridgehead atoms. The minimum atomic E-state index is -0.657. The summed E-state index contributed by atoms with van der Waals surface area (Å²) in [5.74, 6) is 0.744. The van der Waals surface area contributed by atoms with Gasteiger partial charge in [0.25, 0.3) is 0 Å². The van der Waals surface area contributed by atoms with E-state index in [9.17, 15) is 5.11 Å². The van der Waals surface area contributed by atoms with E-state index in [1.165, 1.54) is 12.8 Å². The number of aliphatic hydroxyl groups is 1. The molecular weight excluding hydrogens is 246 g/mol. The van der Waals surface area contributed by atoms with Crippen molar-refractivity contribution < 1.29 is 9.84 Å². The first-order valence-electron chi connectivity index (χ1n) is 7.94. The van der Waals surface area contributed by atoms with Crippen LogP contribution in [0.5, 0.6) is 0 Å². The van der Waals surface area contributed by atoms with Crippen LogP contribution in [0.1, 0.15) is 74.7 Å². The molecule has 0 aliphatic heterocycles. The summed E-state index contributed by atoms with van der Waals surface area (Å²) in [6.07, 6.45) is 3.07. The third kappa shape index (κ3) is 10.8. The Labute approximate surface area is 128 Å². The molecule has 0 aliphatic carbocycles. The summed E-state index contributed by atoms with van der Waals surface area (Å²) in [4.78, 5) is 0. The fourth-order valence-electron chi connectivity index (χ4n) is 2.15. The Bertz CT molecular complexity index is 270. The van der Waals surface area contributed by atoms with Gasteiger partial charge in [-0.2, -0.15) is 0 Å². The second-order valence-corrected chi connectivity index (χ2v) is 8.05. The summed E-state index contributed by atoms with van der Waals surface area (Å²) in [7, 11) is 4.45. The molecule has 0 aromatic carbocycles. The van der Waals surface area contributed by atoms with Crippen LogP contribution in [-0.4, -0.2) is 37.2 Å². The van der Waals surface area contributed by atoms with E-state index in [-0.39, 0.29) is 10.8 Å². The lowest BCUT2D eigenvalue weighted by molar-refractivity contribution is -0.00672. The average Bonchev–Trinajstić information content (AvgIpc) is 2.24. The summed E-state index contributed by atoms with van der Waals surface area (Å²) < 4.78 is 5.89. The van der Waals surface area contributed by atoms with Crippen molar-refractivity contribution in [2.75, 3.05) is 6.61 Å². The van der Waals surface area contributed by atoms with Crippen molar-refractivity contribution in [2.45, 2.75) is 91.1 Å². The van der Waals surface area contributed by atoms with Gasteiger partial charge in [-0.3, -0.25) is 0 Å². The predicted molar refractivity (Wildman–Crippen MR) is 90.6 cm³/mol. The molecule has 0 saturated carbocycles. The Morgan fingerprint density at radius 3 is 2.05 bits per heavy atom. The predicted octanol–water partition coefficient (Wildman–Crippen LogP) is 3.86. The van der Waals surface area contributed by atoms with Gasteiger partial charge in [0.15, 0.2) is 0 Å². The van der Waals surface area contributed by atoms with E-state index in [4.69, 9.17) is 4.74 Å². The first kappa shape index (κ1) is 20.0. The van der Waals surface area contributed by atoms with Crippen LogP contribution in [0.2, 0.25) is 5.31 Å². The molecule has 0 aromatic heterocycles. The molecule has 1 atom stereocenters. The van der Waals surface area contributed by atoms with Gasteiger partial charge in [-0.05, 0) is 40.0 Å². The summed E-state index contributed by atoms with van der Waals surface area (Å²) in [6.45, 7) is 17.5. The Kier molecular flexibility index (Phi) is 7.91. The van der Waals surface area contributed by atoms with Gasteiger partial charge in [-0.25, -0.2) is 0 Å². The van der Waals surface area contributed by atoms with Crippen molar-refractivity contribution in [3.8, 4) is 0 Å². The first-order valence-corrected chi connectivity index (χ1v) is 7.94. The SMILES string of the molecule is CCC(C)CC(C)(C)[B][B]C(C)(C)OCCC(C)(C)O. The lowest BCUT2D eigenvalue weighted by Gasteiger charge is -2.32. The van der Waals surface area contributed by atoms with Crippen LogP contribution in [0.4, 0.5) is 0 Å². The lowest BCUT2D eigenvalue weighted by Crippen LogP contribution is -2.40. The molecule has 0 amide bonds. The van der Waals surface area contributed by atoms with Gasteiger partial charge in [0.2, 0.25) is 0 Å². The smallest absolute Gasteiger partial charge is 0.109 e. The highest BCUT2D eigenvalue weighted by Gasteiger charge is 2.28. The molecule has 1 N–H and O–H groups in total. The molecular formula is C16H34B2O2.